The summed E-state index contributed by atoms with van der Waals surface area (Å²) in [5.74, 6) is 0.896. The molecule has 2 heteroatoms. The zero-order chi connectivity index (χ0) is 14.2. The number of aliphatic hydroxyl groups is 1. The van der Waals surface area contributed by atoms with Gasteiger partial charge in [0.05, 0.1) is 6.10 Å². The Morgan fingerprint density at radius 1 is 0.950 bits per heavy atom. The smallest absolute Gasteiger partial charge is 0.119 e. The van der Waals surface area contributed by atoms with E-state index in [-0.39, 0.29) is 6.10 Å². The van der Waals surface area contributed by atoms with Crippen LogP contribution in [0.5, 0.6) is 5.75 Å². The Bertz CT molecular complexity index is 489. The van der Waals surface area contributed by atoms with Gasteiger partial charge >= 0.3 is 0 Å². The second-order valence-corrected chi connectivity index (χ2v) is 5.16. The van der Waals surface area contributed by atoms with Crippen LogP contribution in [0.15, 0.2) is 54.6 Å². The van der Waals surface area contributed by atoms with Crippen molar-refractivity contribution in [2.24, 2.45) is 0 Å². The normalized spacial score (nSPS) is 12.1. The van der Waals surface area contributed by atoms with Gasteiger partial charge in [-0.15, -0.1) is 0 Å². The summed E-state index contributed by atoms with van der Waals surface area (Å²) < 4.78 is 5.75. The van der Waals surface area contributed by atoms with E-state index in [4.69, 9.17) is 4.74 Å². The molecule has 0 aliphatic heterocycles. The largest absolute Gasteiger partial charge is 0.489 e. The molecule has 2 rings (SSSR count). The van der Waals surface area contributed by atoms with E-state index in [1.54, 1.807) is 0 Å². The maximum Gasteiger partial charge on any atom is 0.119 e. The molecule has 0 saturated heterocycles. The topological polar surface area (TPSA) is 29.5 Å². The number of aliphatic hydroxyl groups excluding tert-OH is 1. The molecule has 2 aromatic carbocycles. The van der Waals surface area contributed by atoms with Gasteiger partial charge in [0.1, 0.15) is 12.4 Å². The van der Waals surface area contributed by atoms with Gasteiger partial charge in [0.15, 0.2) is 0 Å². The summed E-state index contributed by atoms with van der Waals surface area (Å²) in [5, 5.41) is 9.23. The van der Waals surface area contributed by atoms with Gasteiger partial charge in [-0.25, -0.2) is 0 Å². The van der Waals surface area contributed by atoms with Gasteiger partial charge in [0.25, 0.3) is 0 Å². The fraction of sp³-hybridized carbons (Fsp3) is 0.333. The minimum atomic E-state index is -0.205. The van der Waals surface area contributed by atoms with Crippen molar-refractivity contribution in [3.05, 3.63) is 65.7 Å². The molecule has 0 bridgehead atoms. The van der Waals surface area contributed by atoms with E-state index in [1.165, 1.54) is 11.1 Å². The summed E-state index contributed by atoms with van der Waals surface area (Å²) >= 11 is 0. The van der Waals surface area contributed by atoms with Gasteiger partial charge in [-0.2, -0.15) is 0 Å². The molecule has 106 valence electrons. The molecule has 2 nitrogen and oxygen atoms in total. The first kappa shape index (κ1) is 14.6. The zero-order valence-corrected chi connectivity index (χ0v) is 12.0. The lowest BCUT2D eigenvalue weighted by Crippen LogP contribution is -2.00. The lowest BCUT2D eigenvalue weighted by Gasteiger charge is -2.08. The minimum Gasteiger partial charge on any atom is -0.489 e. The van der Waals surface area contributed by atoms with Crippen molar-refractivity contribution in [2.75, 3.05) is 0 Å². The minimum absolute atomic E-state index is 0.205. The highest BCUT2D eigenvalue weighted by atomic mass is 16.5. The van der Waals surface area contributed by atoms with Gasteiger partial charge in [-0.05, 0) is 49.4 Å². The Labute approximate surface area is 121 Å². The van der Waals surface area contributed by atoms with Crippen LogP contribution in [0.4, 0.5) is 0 Å². The van der Waals surface area contributed by atoms with Gasteiger partial charge < -0.3 is 9.84 Å². The summed E-state index contributed by atoms with van der Waals surface area (Å²) in [4.78, 5) is 0. The maximum atomic E-state index is 9.23. The van der Waals surface area contributed by atoms with Crippen LogP contribution in [0.25, 0.3) is 0 Å². The SMILES string of the molecule is C[C@H](O)CCCc1ccc(OCc2ccccc2)cc1. The lowest BCUT2D eigenvalue weighted by atomic mass is 10.1. The Kier molecular flexibility index (Phi) is 5.63. The molecule has 2 aromatic rings. The van der Waals surface area contributed by atoms with Crippen molar-refractivity contribution in [3.63, 3.8) is 0 Å². The fourth-order valence-electron chi connectivity index (χ4n) is 2.09. The van der Waals surface area contributed by atoms with Crippen LogP contribution in [0.2, 0.25) is 0 Å². The van der Waals surface area contributed by atoms with E-state index in [0.717, 1.165) is 25.0 Å². The van der Waals surface area contributed by atoms with Crippen LogP contribution >= 0.6 is 0 Å². The Morgan fingerprint density at radius 3 is 2.30 bits per heavy atom. The molecular weight excluding hydrogens is 248 g/mol. The highest BCUT2D eigenvalue weighted by molar-refractivity contribution is 5.27. The Morgan fingerprint density at radius 2 is 1.65 bits per heavy atom. The molecule has 0 fully saturated rings. The average molecular weight is 270 g/mol. The van der Waals surface area contributed by atoms with E-state index in [2.05, 4.69) is 24.3 Å². The summed E-state index contributed by atoms with van der Waals surface area (Å²) in [6, 6.07) is 18.4. The predicted octanol–water partition coefficient (Wildman–Crippen LogP) is 3.97. The first-order valence-electron chi connectivity index (χ1n) is 7.18. The standard InChI is InChI=1S/C18H22O2/c1-15(19)6-5-9-16-10-12-18(13-11-16)20-14-17-7-3-2-4-8-17/h2-4,7-8,10-13,15,19H,5-6,9,14H2,1H3/t15-/m0/s1. The molecule has 1 atom stereocenters. The Balaban J connectivity index is 1.79. The van der Waals surface area contributed by atoms with Crippen LogP contribution in [0.1, 0.15) is 30.9 Å². The summed E-state index contributed by atoms with van der Waals surface area (Å²) in [5.41, 5.74) is 2.46. The molecule has 0 saturated carbocycles. The highest BCUT2D eigenvalue weighted by Crippen LogP contribution is 2.16. The van der Waals surface area contributed by atoms with Crippen molar-refractivity contribution >= 4 is 0 Å². The summed E-state index contributed by atoms with van der Waals surface area (Å²) in [7, 11) is 0. The molecule has 0 spiro atoms. The maximum absolute atomic E-state index is 9.23. The van der Waals surface area contributed by atoms with Gasteiger partial charge in [-0.1, -0.05) is 42.5 Å². The van der Waals surface area contributed by atoms with E-state index in [1.807, 2.05) is 37.3 Å². The van der Waals surface area contributed by atoms with E-state index < -0.39 is 0 Å². The quantitative estimate of drug-likeness (QED) is 0.825. The molecule has 0 aliphatic carbocycles. The average Bonchev–Trinajstić information content (AvgIpc) is 2.47. The molecule has 0 radical (unpaired) electrons. The van der Waals surface area contributed by atoms with Crippen LogP contribution in [-0.4, -0.2) is 11.2 Å². The third-order valence-electron chi connectivity index (χ3n) is 3.26. The summed E-state index contributed by atoms with van der Waals surface area (Å²) in [6.07, 6.45) is 2.67. The first-order chi connectivity index (χ1) is 9.74. The van der Waals surface area contributed by atoms with E-state index in [0.29, 0.717) is 6.61 Å². The van der Waals surface area contributed by atoms with Gasteiger partial charge in [-0.3, -0.25) is 0 Å². The van der Waals surface area contributed by atoms with Crippen molar-refractivity contribution in [1.82, 2.24) is 0 Å². The van der Waals surface area contributed by atoms with Gasteiger partial charge in [0, 0.05) is 0 Å². The van der Waals surface area contributed by atoms with Crippen LogP contribution in [-0.2, 0) is 13.0 Å². The second-order valence-electron chi connectivity index (χ2n) is 5.16. The highest BCUT2D eigenvalue weighted by Gasteiger charge is 1.99. The van der Waals surface area contributed by atoms with Crippen molar-refractivity contribution in [3.8, 4) is 5.75 Å². The molecule has 0 heterocycles. The zero-order valence-electron chi connectivity index (χ0n) is 12.0. The molecule has 0 unspecified atom stereocenters. The predicted molar refractivity (Wildman–Crippen MR) is 81.8 cm³/mol. The van der Waals surface area contributed by atoms with Crippen molar-refractivity contribution < 1.29 is 9.84 Å². The van der Waals surface area contributed by atoms with Crippen LogP contribution in [0.3, 0.4) is 0 Å². The molecule has 0 amide bonds. The number of hydrogen-bond acceptors (Lipinski definition) is 2. The third kappa shape index (κ3) is 5.06. The monoisotopic (exact) mass is 270 g/mol. The molecule has 0 aromatic heterocycles. The number of aryl methyl sites for hydroxylation is 1. The lowest BCUT2D eigenvalue weighted by molar-refractivity contribution is 0.181. The number of benzene rings is 2. The van der Waals surface area contributed by atoms with E-state index >= 15 is 0 Å². The Hall–Kier alpha value is -1.80. The third-order valence-corrected chi connectivity index (χ3v) is 3.26. The first-order valence-corrected chi connectivity index (χ1v) is 7.18. The molecular formula is C18H22O2. The van der Waals surface area contributed by atoms with E-state index in [9.17, 15) is 5.11 Å². The molecule has 20 heavy (non-hydrogen) atoms. The van der Waals surface area contributed by atoms with Crippen LogP contribution < -0.4 is 4.74 Å². The number of ether oxygens (including phenoxy) is 1. The second kappa shape index (κ2) is 7.71. The van der Waals surface area contributed by atoms with Gasteiger partial charge in [0.2, 0.25) is 0 Å². The number of rotatable bonds is 7. The molecule has 0 aliphatic rings. The molecule has 1 N–H and O–H groups in total. The fourth-order valence-corrected chi connectivity index (χ4v) is 2.09. The van der Waals surface area contributed by atoms with Crippen molar-refractivity contribution in [1.29, 1.82) is 0 Å². The van der Waals surface area contributed by atoms with Crippen LogP contribution in [0, 0.1) is 0 Å². The summed E-state index contributed by atoms with van der Waals surface area (Å²) in [6.45, 7) is 2.43. The van der Waals surface area contributed by atoms with Crippen molar-refractivity contribution in [2.45, 2.75) is 38.9 Å². The number of hydrogen-bond donors (Lipinski definition) is 1.